The minimum Gasteiger partial charge on any atom is -0.477 e. The van der Waals surface area contributed by atoms with Crippen molar-refractivity contribution in [1.29, 1.82) is 0 Å². The molecule has 76 valence electrons. The summed E-state index contributed by atoms with van der Waals surface area (Å²) in [5.74, 6) is -1.42. The Hall–Kier alpha value is -0.720. The van der Waals surface area contributed by atoms with Gasteiger partial charge in [0.2, 0.25) is 5.91 Å². The number of nitrogens with zero attached hydrogens (tertiary/aromatic N) is 1. The first-order valence-electron chi connectivity index (χ1n) is 3.88. The van der Waals surface area contributed by atoms with Gasteiger partial charge in [-0.25, -0.2) is 4.79 Å². The number of thioether (sulfide) groups is 1. The van der Waals surface area contributed by atoms with E-state index >= 15 is 0 Å². The molecule has 0 aromatic heterocycles. The van der Waals surface area contributed by atoms with E-state index in [9.17, 15) is 9.59 Å². The molecule has 3 N–H and O–H groups in total. The number of hydrogen-bond donors (Lipinski definition) is 2. The molecule has 7 heteroatoms. The second kappa shape index (κ2) is 3.15. The average Bonchev–Trinajstić information content (AvgIpc) is 2.09. The smallest absolute Gasteiger partial charge is 0.353 e. The molecule has 1 fully saturated rings. The standard InChI is InChI=1S/C7H7ClN2O3S/c8-4-5(7(12)13)10-2(11)1-3(10)14-6(4)9/h3,6H,1,9H2,(H,12,13)/t3-,6?/m1/s1. The van der Waals surface area contributed by atoms with Gasteiger partial charge < -0.3 is 10.8 Å². The molecule has 1 unspecified atom stereocenters. The van der Waals surface area contributed by atoms with E-state index in [0.717, 1.165) is 0 Å². The third-order valence-electron chi connectivity index (χ3n) is 2.13. The van der Waals surface area contributed by atoms with E-state index in [4.69, 9.17) is 22.4 Å². The van der Waals surface area contributed by atoms with Crippen LogP contribution in [0.4, 0.5) is 0 Å². The first-order valence-corrected chi connectivity index (χ1v) is 5.20. The van der Waals surface area contributed by atoms with Crippen molar-refractivity contribution in [2.75, 3.05) is 0 Å². The Balaban J connectivity index is 2.42. The van der Waals surface area contributed by atoms with Crippen LogP contribution in [0.5, 0.6) is 0 Å². The van der Waals surface area contributed by atoms with Crippen LogP contribution >= 0.6 is 23.4 Å². The Kier molecular flexibility index (Phi) is 2.21. The third kappa shape index (κ3) is 1.22. The molecule has 0 aromatic rings. The highest BCUT2D eigenvalue weighted by Gasteiger charge is 2.47. The largest absolute Gasteiger partial charge is 0.477 e. The highest BCUT2D eigenvalue weighted by molar-refractivity contribution is 8.00. The van der Waals surface area contributed by atoms with Crippen molar-refractivity contribution >= 4 is 35.2 Å². The minimum absolute atomic E-state index is 0.0341. The number of rotatable bonds is 1. The molecule has 1 amide bonds. The van der Waals surface area contributed by atoms with Gasteiger partial charge in [0, 0.05) is 0 Å². The summed E-state index contributed by atoms with van der Waals surface area (Å²) in [6.45, 7) is 0. The molecule has 0 aliphatic carbocycles. The number of amides is 1. The Morgan fingerprint density at radius 3 is 2.86 bits per heavy atom. The van der Waals surface area contributed by atoms with Gasteiger partial charge in [-0.3, -0.25) is 9.69 Å². The molecule has 2 atom stereocenters. The van der Waals surface area contributed by atoms with E-state index in [2.05, 4.69) is 0 Å². The monoisotopic (exact) mass is 234 g/mol. The molecule has 2 rings (SSSR count). The van der Waals surface area contributed by atoms with Gasteiger partial charge in [0.15, 0.2) is 0 Å². The van der Waals surface area contributed by atoms with Crippen LogP contribution in [0.15, 0.2) is 10.7 Å². The zero-order valence-electron chi connectivity index (χ0n) is 6.94. The summed E-state index contributed by atoms with van der Waals surface area (Å²) in [4.78, 5) is 23.2. The predicted molar refractivity (Wildman–Crippen MR) is 51.3 cm³/mol. The molecule has 0 saturated carbocycles. The van der Waals surface area contributed by atoms with Crippen LogP contribution in [-0.2, 0) is 9.59 Å². The van der Waals surface area contributed by atoms with Crippen molar-refractivity contribution in [1.82, 2.24) is 4.90 Å². The lowest BCUT2D eigenvalue weighted by molar-refractivity contribution is -0.146. The highest BCUT2D eigenvalue weighted by atomic mass is 35.5. The molecule has 2 aliphatic heterocycles. The number of nitrogens with two attached hydrogens (primary N) is 1. The normalized spacial score (nSPS) is 31.3. The van der Waals surface area contributed by atoms with Crippen LogP contribution in [-0.4, -0.2) is 32.6 Å². The first-order chi connectivity index (χ1) is 6.52. The van der Waals surface area contributed by atoms with Gasteiger partial charge in [-0.15, -0.1) is 11.8 Å². The van der Waals surface area contributed by atoms with E-state index in [1.165, 1.54) is 16.7 Å². The van der Waals surface area contributed by atoms with Crippen molar-refractivity contribution in [3.8, 4) is 0 Å². The van der Waals surface area contributed by atoms with E-state index < -0.39 is 11.3 Å². The Labute approximate surface area is 88.9 Å². The number of halogens is 1. The van der Waals surface area contributed by atoms with Gasteiger partial charge in [0.05, 0.1) is 22.2 Å². The summed E-state index contributed by atoms with van der Waals surface area (Å²) in [5, 5.41) is 8.19. The molecular weight excluding hydrogens is 228 g/mol. The van der Waals surface area contributed by atoms with E-state index in [-0.39, 0.29) is 22.0 Å². The second-order valence-electron chi connectivity index (χ2n) is 2.98. The number of carboxylic acid groups (broad SMARTS) is 1. The second-order valence-corrected chi connectivity index (χ2v) is 4.71. The summed E-state index contributed by atoms with van der Waals surface area (Å²) >= 11 is 7.05. The molecule has 5 nitrogen and oxygen atoms in total. The average molecular weight is 235 g/mol. The zero-order valence-corrected chi connectivity index (χ0v) is 8.51. The fraction of sp³-hybridized carbons (Fsp3) is 0.429. The maximum absolute atomic E-state index is 11.1. The Morgan fingerprint density at radius 1 is 1.71 bits per heavy atom. The SMILES string of the molecule is NC1S[C@@H]2CC(=O)N2C(C(=O)O)=C1Cl. The number of fused-ring (bicyclic) bond motifs is 1. The van der Waals surface area contributed by atoms with Crippen molar-refractivity contribution < 1.29 is 14.7 Å². The van der Waals surface area contributed by atoms with Crippen LogP contribution in [0.3, 0.4) is 0 Å². The summed E-state index contributed by atoms with van der Waals surface area (Å²) in [7, 11) is 0. The lowest BCUT2D eigenvalue weighted by Crippen LogP contribution is -2.55. The topological polar surface area (TPSA) is 83.6 Å². The summed E-state index contributed by atoms with van der Waals surface area (Å²) in [5.41, 5.74) is 5.44. The molecular formula is C7H7ClN2O3S. The molecule has 2 heterocycles. The lowest BCUT2D eigenvalue weighted by Gasteiger charge is -2.44. The van der Waals surface area contributed by atoms with Crippen molar-refractivity contribution in [2.45, 2.75) is 17.2 Å². The maximum Gasteiger partial charge on any atom is 0.353 e. The van der Waals surface area contributed by atoms with Crippen LogP contribution in [0.2, 0.25) is 0 Å². The molecule has 0 radical (unpaired) electrons. The number of carboxylic acids is 1. The summed E-state index contributed by atoms with van der Waals surface area (Å²) in [6, 6.07) is 0. The number of carbonyl (C=O) groups is 2. The Bertz CT molecular complexity index is 357. The van der Waals surface area contributed by atoms with Crippen molar-refractivity contribution in [3.63, 3.8) is 0 Å². The minimum atomic E-state index is -1.20. The van der Waals surface area contributed by atoms with Crippen LogP contribution in [0.1, 0.15) is 6.42 Å². The number of aliphatic carboxylic acids is 1. The number of carbonyl (C=O) groups excluding carboxylic acids is 1. The van der Waals surface area contributed by atoms with Crippen molar-refractivity contribution in [2.24, 2.45) is 5.73 Å². The fourth-order valence-electron chi connectivity index (χ4n) is 1.45. The first kappa shape index (κ1) is 9.82. The third-order valence-corrected chi connectivity index (χ3v) is 3.89. The maximum atomic E-state index is 11.1. The molecule has 0 bridgehead atoms. The molecule has 2 aliphatic rings. The van der Waals surface area contributed by atoms with Crippen molar-refractivity contribution in [3.05, 3.63) is 10.7 Å². The highest BCUT2D eigenvalue weighted by Crippen LogP contribution is 2.43. The summed E-state index contributed by atoms with van der Waals surface area (Å²) < 4.78 is 0. The number of β-lactam (4-membered cyclic amide) rings is 1. The van der Waals surface area contributed by atoms with E-state index in [0.29, 0.717) is 6.42 Å². The van der Waals surface area contributed by atoms with E-state index in [1.807, 2.05) is 0 Å². The van der Waals surface area contributed by atoms with Gasteiger partial charge in [-0.05, 0) is 0 Å². The summed E-state index contributed by atoms with van der Waals surface area (Å²) in [6.07, 6.45) is 0.333. The predicted octanol–water partition coefficient (Wildman–Crippen LogP) is 0.111. The van der Waals surface area contributed by atoms with Crippen LogP contribution in [0.25, 0.3) is 0 Å². The zero-order chi connectivity index (χ0) is 10.5. The lowest BCUT2D eigenvalue weighted by atomic mass is 10.1. The molecule has 0 aromatic carbocycles. The van der Waals surface area contributed by atoms with Gasteiger partial charge in [0.1, 0.15) is 5.70 Å². The molecule has 0 spiro atoms. The van der Waals surface area contributed by atoms with Gasteiger partial charge in [-0.2, -0.15) is 0 Å². The quantitative estimate of drug-likeness (QED) is 0.630. The van der Waals surface area contributed by atoms with Gasteiger partial charge >= 0.3 is 5.97 Å². The van der Waals surface area contributed by atoms with Crippen LogP contribution < -0.4 is 5.73 Å². The molecule has 14 heavy (non-hydrogen) atoms. The molecule has 1 saturated heterocycles. The van der Waals surface area contributed by atoms with Gasteiger partial charge in [-0.1, -0.05) is 11.6 Å². The van der Waals surface area contributed by atoms with Crippen LogP contribution in [0, 0.1) is 0 Å². The number of hydrogen-bond acceptors (Lipinski definition) is 4. The van der Waals surface area contributed by atoms with Gasteiger partial charge in [0.25, 0.3) is 0 Å². The Morgan fingerprint density at radius 2 is 2.36 bits per heavy atom. The van der Waals surface area contributed by atoms with E-state index in [1.54, 1.807) is 0 Å². The fourth-order valence-corrected chi connectivity index (χ4v) is 2.93.